The van der Waals surface area contributed by atoms with E-state index in [0.717, 1.165) is 32.5 Å². The lowest BCUT2D eigenvalue weighted by molar-refractivity contribution is 0.0601. The Morgan fingerprint density at radius 3 is 2.35 bits per heavy atom. The molecule has 0 saturated heterocycles. The molecule has 6 rings (SSSR count). The molecule has 0 amide bonds. The minimum Gasteiger partial charge on any atom is -0.465 e. The number of methoxy groups -OCH3 is 1. The molecule has 6 aromatic rings. The second kappa shape index (κ2) is 7.46. The first-order valence-electron chi connectivity index (χ1n) is 10.8. The summed E-state index contributed by atoms with van der Waals surface area (Å²) in [6.07, 6.45) is 0. The predicted molar refractivity (Wildman–Crippen MR) is 136 cm³/mol. The zero-order chi connectivity index (χ0) is 23.4. The molecular weight excluding hydrogens is 426 g/mol. The fourth-order valence-electron chi connectivity index (χ4n) is 4.77. The average molecular weight is 445 g/mol. The SMILES string of the molecule is COC(=O)c1ccccc1-c1c2ccc3cc(N)ccc3c2oc2c1ccc1cccc(=O)c12. The zero-order valence-corrected chi connectivity index (χ0v) is 18.3. The Labute approximate surface area is 194 Å². The largest absolute Gasteiger partial charge is 0.465 e. The molecule has 5 nitrogen and oxygen atoms in total. The summed E-state index contributed by atoms with van der Waals surface area (Å²) in [5.41, 5.74) is 9.60. The third-order valence-corrected chi connectivity index (χ3v) is 6.30. The van der Waals surface area contributed by atoms with Crippen LogP contribution in [0.15, 0.2) is 94.1 Å². The Kier molecular flexibility index (Phi) is 4.39. The average Bonchev–Trinajstić information content (AvgIpc) is 2.86. The standard InChI is InChI=1S/C29H19NO4/c1-33-29(32)21-7-3-2-6-20(21)26-22-13-10-17-15-18(30)11-14-19(17)27(22)34-28-23(26)12-9-16-5-4-8-24(31)25(16)28/h2-15H,30H2,1H3. The molecule has 0 aliphatic rings. The molecule has 2 N–H and O–H groups in total. The van der Waals surface area contributed by atoms with Crippen LogP contribution in [-0.2, 0) is 4.74 Å². The molecule has 0 fully saturated rings. The highest BCUT2D eigenvalue weighted by atomic mass is 16.5. The van der Waals surface area contributed by atoms with Crippen LogP contribution in [-0.4, -0.2) is 13.1 Å². The van der Waals surface area contributed by atoms with E-state index in [2.05, 4.69) is 0 Å². The summed E-state index contributed by atoms with van der Waals surface area (Å²) < 4.78 is 11.6. The summed E-state index contributed by atoms with van der Waals surface area (Å²) in [7, 11) is 1.37. The van der Waals surface area contributed by atoms with Crippen LogP contribution >= 0.6 is 0 Å². The van der Waals surface area contributed by atoms with Crippen molar-refractivity contribution in [3.8, 4) is 11.1 Å². The Hall–Kier alpha value is -4.64. The van der Waals surface area contributed by atoms with Gasteiger partial charge < -0.3 is 14.9 Å². The second-order valence-corrected chi connectivity index (χ2v) is 8.23. The molecule has 0 aliphatic carbocycles. The quantitative estimate of drug-likeness (QED) is 0.147. The van der Waals surface area contributed by atoms with E-state index in [4.69, 9.17) is 14.9 Å². The van der Waals surface area contributed by atoms with Gasteiger partial charge in [0.05, 0.1) is 18.1 Å². The van der Waals surface area contributed by atoms with E-state index in [1.807, 2.05) is 60.7 Å². The van der Waals surface area contributed by atoms with Crippen LogP contribution in [0.1, 0.15) is 10.4 Å². The molecule has 1 aromatic heterocycles. The number of hydrogen-bond acceptors (Lipinski definition) is 5. The number of nitrogen functional groups attached to an aromatic ring is 1. The first-order chi connectivity index (χ1) is 16.6. The molecule has 0 atom stereocenters. The number of anilines is 1. The monoisotopic (exact) mass is 445 g/mol. The topological polar surface area (TPSA) is 82.5 Å². The maximum Gasteiger partial charge on any atom is 0.338 e. The van der Waals surface area contributed by atoms with Crippen LogP contribution in [0, 0.1) is 0 Å². The first kappa shape index (κ1) is 20.0. The van der Waals surface area contributed by atoms with E-state index in [9.17, 15) is 9.59 Å². The molecule has 0 unspecified atom stereocenters. The van der Waals surface area contributed by atoms with Crippen LogP contribution in [0.25, 0.3) is 54.6 Å². The van der Waals surface area contributed by atoms with E-state index >= 15 is 0 Å². The van der Waals surface area contributed by atoms with E-state index < -0.39 is 5.97 Å². The highest BCUT2D eigenvalue weighted by Crippen LogP contribution is 2.42. The molecule has 0 spiro atoms. The zero-order valence-electron chi connectivity index (χ0n) is 18.3. The molecule has 0 bridgehead atoms. The van der Waals surface area contributed by atoms with Gasteiger partial charge in [-0.2, -0.15) is 0 Å². The lowest BCUT2D eigenvalue weighted by Gasteiger charge is -2.16. The van der Waals surface area contributed by atoms with Gasteiger partial charge in [0.1, 0.15) is 11.2 Å². The predicted octanol–water partition coefficient (Wildman–Crippen LogP) is 6.29. The maximum atomic E-state index is 13.0. The number of fused-ring (bicyclic) bond motifs is 6. The van der Waals surface area contributed by atoms with Gasteiger partial charge in [-0.3, -0.25) is 4.79 Å². The van der Waals surface area contributed by atoms with Gasteiger partial charge in [-0.15, -0.1) is 0 Å². The number of carbonyl (C=O) groups excluding carboxylic acids is 1. The Bertz CT molecular complexity index is 1850. The van der Waals surface area contributed by atoms with Gasteiger partial charge in [-0.1, -0.05) is 42.5 Å². The van der Waals surface area contributed by atoms with Crippen molar-refractivity contribution in [2.45, 2.75) is 0 Å². The third-order valence-electron chi connectivity index (χ3n) is 6.30. The van der Waals surface area contributed by atoms with Crippen LogP contribution in [0.3, 0.4) is 0 Å². The molecule has 164 valence electrons. The summed E-state index contributed by atoms with van der Waals surface area (Å²) in [4.78, 5) is 25.6. The van der Waals surface area contributed by atoms with Crippen molar-refractivity contribution in [1.29, 1.82) is 0 Å². The van der Waals surface area contributed by atoms with Gasteiger partial charge in [0.2, 0.25) is 0 Å². The Morgan fingerprint density at radius 1 is 0.794 bits per heavy atom. The van der Waals surface area contributed by atoms with E-state index in [-0.39, 0.29) is 5.43 Å². The number of ether oxygens (including phenoxy) is 1. The number of nitrogens with two attached hydrogens (primary N) is 1. The van der Waals surface area contributed by atoms with Gasteiger partial charge in [-0.05, 0) is 58.8 Å². The summed E-state index contributed by atoms with van der Waals surface area (Å²) in [6.45, 7) is 0. The normalized spacial score (nSPS) is 11.4. The summed E-state index contributed by atoms with van der Waals surface area (Å²) in [5.74, 6) is -0.434. The summed E-state index contributed by atoms with van der Waals surface area (Å²) in [6, 6.07) is 25.9. The minimum atomic E-state index is -0.434. The fraction of sp³-hybridized carbons (Fsp3) is 0.0345. The molecule has 0 radical (unpaired) electrons. The first-order valence-corrected chi connectivity index (χ1v) is 10.8. The third kappa shape index (κ3) is 2.87. The van der Waals surface area contributed by atoms with Crippen molar-refractivity contribution in [3.05, 3.63) is 101 Å². The van der Waals surface area contributed by atoms with Crippen LogP contribution in [0.2, 0.25) is 0 Å². The molecule has 5 aromatic carbocycles. The number of carbonyl (C=O) groups is 1. The highest BCUT2D eigenvalue weighted by Gasteiger charge is 2.21. The molecule has 5 heteroatoms. The van der Waals surface area contributed by atoms with Gasteiger partial charge >= 0.3 is 5.97 Å². The molecular formula is C29H19NO4. The number of rotatable bonds is 2. The van der Waals surface area contributed by atoms with Crippen molar-refractivity contribution in [3.63, 3.8) is 0 Å². The van der Waals surface area contributed by atoms with Crippen molar-refractivity contribution in [1.82, 2.24) is 0 Å². The molecule has 0 saturated carbocycles. The molecule has 0 aliphatic heterocycles. The minimum absolute atomic E-state index is 0.122. The molecule has 34 heavy (non-hydrogen) atoms. The van der Waals surface area contributed by atoms with Crippen molar-refractivity contribution >= 4 is 55.1 Å². The van der Waals surface area contributed by atoms with Crippen molar-refractivity contribution in [2.24, 2.45) is 0 Å². The maximum absolute atomic E-state index is 13.0. The number of hydrogen-bond donors (Lipinski definition) is 1. The number of esters is 1. The molecule has 1 heterocycles. The van der Waals surface area contributed by atoms with Crippen molar-refractivity contribution in [2.75, 3.05) is 12.8 Å². The van der Waals surface area contributed by atoms with Crippen LogP contribution < -0.4 is 11.2 Å². The van der Waals surface area contributed by atoms with Gasteiger partial charge in [0.25, 0.3) is 0 Å². The van der Waals surface area contributed by atoms with E-state index in [1.165, 1.54) is 13.2 Å². The fourth-order valence-corrected chi connectivity index (χ4v) is 4.77. The lowest BCUT2D eigenvalue weighted by atomic mass is 9.91. The van der Waals surface area contributed by atoms with Gasteiger partial charge in [-0.25, -0.2) is 4.79 Å². The van der Waals surface area contributed by atoms with Crippen LogP contribution in [0.4, 0.5) is 5.69 Å². The summed E-state index contributed by atoms with van der Waals surface area (Å²) in [5, 5.41) is 4.65. The van der Waals surface area contributed by atoms with Gasteiger partial charge in [0.15, 0.2) is 5.43 Å². The smallest absolute Gasteiger partial charge is 0.338 e. The van der Waals surface area contributed by atoms with Crippen molar-refractivity contribution < 1.29 is 13.9 Å². The van der Waals surface area contributed by atoms with E-state index in [0.29, 0.717) is 33.4 Å². The van der Waals surface area contributed by atoms with Gasteiger partial charge in [0, 0.05) is 27.4 Å². The Morgan fingerprint density at radius 2 is 1.53 bits per heavy atom. The second-order valence-electron chi connectivity index (χ2n) is 8.23. The lowest BCUT2D eigenvalue weighted by Crippen LogP contribution is -2.04. The van der Waals surface area contributed by atoms with Crippen LogP contribution in [0.5, 0.6) is 0 Å². The number of benzene rings is 5. The Balaban J connectivity index is 1.90. The summed E-state index contributed by atoms with van der Waals surface area (Å²) >= 11 is 0. The highest BCUT2D eigenvalue weighted by molar-refractivity contribution is 6.21. The van der Waals surface area contributed by atoms with E-state index in [1.54, 1.807) is 18.2 Å².